The van der Waals surface area contributed by atoms with Gasteiger partial charge in [-0.05, 0) is 19.3 Å². The van der Waals surface area contributed by atoms with Crippen molar-refractivity contribution in [1.29, 1.82) is 0 Å². The van der Waals surface area contributed by atoms with Crippen molar-refractivity contribution in [3.63, 3.8) is 0 Å². The Balaban J connectivity index is 3.62. The summed E-state index contributed by atoms with van der Waals surface area (Å²) in [5.41, 5.74) is 0. The number of aliphatic carboxylic acids is 2. The maximum absolute atomic E-state index is 11.0. The molecule has 0 amide bonds. The van der Waals surface area contributed by atoms with E-state index in [0.717, 1.165) is 12.8 Å². The largest absolute Gasteiger partial charge is 0.481 e. The van der Waals surface area contributed by atoms with E-state index >= 15 is 0 Å². The number of hydrogen-bond acceptors (Lipinski definition) is 2. The van der Waals surface area contributed by atoms with Crippen molar-refractivity contribution < 1.29 is 19.8 Å². The van der Waals surface area contributed by atoms with Crippen LogP contribution >= 0.6 is 0 Å². The fourth-order valence-electron chi connectivity index (χ4n) is 2.24. The Bertz CT molecular complexity index is 310. The van der Waals surface area contributed by atoms with Crippen LogP contribution in [0.3, 0.4) is 0 Å². The number of carbonyl (C=O) groups is 2. The highest BCUT2D eigenvalue weighted by Crippen LogP contribution is 2.12. The summed E-state index contributed by atoms with van der Waals surface area (Å²) in [6.45, 7) is 2.22. The Kier molecular flexibility index (Phi) is 12.8. The van der Waals surface area contributed by atoms with E-state index in [9.17, 15) is 9.59 Å². The summed E-state index contributed by atoms with van der Waals surface area (Å²) in [6, 6.07) is 0. The van der Waals surface area contributed by atoms with Crippen molar-refractivity contribution in [3.8, 4) is 0 Å². The number of carboxylic acid groups (broad SMARTS) is 2. The summed E-state index contributed by atoms with van der Waals surface area (Å²) in [7, 11) is 0. The minimum absolute atomic E-state index is 0.0981. The third-order valence-electron chi connectivity index (χ3n) is 3.58. The zero-order valence-corrected chi connectivity index (χ0v) is 13.2. The number of rotatable bonds is 14. The number of unbranched alkanes of at least 4 members (excludes halogenated alkanes) is 8. The highest BCUT2D eigenvalue weighted by Gasteiger charge is 2.14. The molecule has 0 saturated heterocycles. The van der Waals surface area contributed by atoms with Crippen molar-refractivity contribution in [2.45, 2.75) is 77.6 Å². The second-order valence-electron chi connectivity index (χ2n) is 5.57. The summed E-state index contributed by atoms with van der Waals surface area (Å²) >= 11 is 0. The van der Waals surface area contributed by atoms with Crippen LogP contribution < -0.4 is 0 Å². The SMILES string of the molecule is CCCCCCCCCCC=CC(CCC(=O)O)C(=O)O. The molecular formula is C17H30O4. The van der Waals surface area contributed by atoms with Crippen molar-refractivity contribution >= 4 is 11.9 Å². The van der Waals surface area contributed by atoms with Gasteiger partial charge >= 0.3 is 11.9 Å². The van der Waals surface area contributed by atoms with Crippen molar-refractivity contribution in [3.05, 3.63) is 12.2 Å². The Morgan fingerprint density at radius 2 is 1.52 bits per heavy atom. The average molecular weight is 298 g/mol. The lowest BCUT2D eigenvalue weighted by Crippen LogP contribution is -2.12. The van der Waals surface area contributed by atoms with Crippen LogP contribution in [-0.4, -0.2) is 22.2 Å². The fourth-order valence-corrected chi connectivity index (χ4v) is 2.24. The fraction of sp³-hybridized carbons (Fsp3) is 0.765. The zero-order chi connectivity index (χ0) is 15.9. The zero-order valence-electron chi connectivity index (χ0n) is 13.2. The molecule has 21 heavy (non-hydrogen) atoms. The smallest absolute Gasteiger partial charge is 0.310 e. The van der Waals surface area contributed by atoms with Gasteiger partial charge in [-0.3, -0.25) is 9.59 Å². The summed E-state index contributed by atoms with van der Waals surface area (Å²) < 4.78 is 0. The first-order valence-corrected chi connectivity index (χ1v) is 8.19. The van der Waals surface area contributed by atoms with Gasteiger partial charge in [0, 0.05) is 6.42 Å². The van der Waals surface area contributed by atoms with Crippen LogP contribution in [0.1, 0.15) is 77.6 Å². The van der Waals surface area contributed by atoms with E-state index < -0.39 is 17.9 Å². The molecule has 0 heterocycles. The summed E-state index contributed by atoms with van der Waals surface area (Å²) in [4.78, 5) is 21.4. The summed E-state index contributed by atoms with van der Waals surface area (Å²) in [5, 5.41) is 17.6. The molecule has 0 saturated carbocycles. The maximum atomic E-state index is 11.0. The molecule has 1 atom stereocenters. The first-order valence-electron chi connectivity index (χ1n) is 8.19. The molecule has 0 bridgehead atoms. The van der Waals surface area contributed by atoms with Crippen molar-refractivity contribution in [2.75, 3.05) is 0 Å². The molecule has 4 nitrogen and oxygen atoms in total. The molecule has 2 N–H and O–H groups in total. The number of allylic oxidation sites excluding steroid dienone is 1. The third-order valence-corrected chi connectivity index (χ3v) is 3.58. The maximum Gasteiger partial charge on any atom is 0.310 e. The predicted molar refractivity (Wildman–Crippen MR) is 84.4 cm³/mol. The lowest BCUT2D eigenvalue weighted by Gasteiger charge is -2.05. The normalized spacial score (nSPS) is 12.6. The van der Waals surface area contributed by atoms with E-state index in [1.165, 1.54) is 44.9 Å². The second-order valence-corrected chi connectivity index (χ2v) is 5.57. The van der Waals surface area contributed by atoms with Crippen LogP contribution in [0.2, 0.25) is 0 Å². The highest BCUT2D eigenvalue weighted by molar-refractivity contribution is 5.73. The van der Waals surface area contributed by atoms with E-state index in [-0.39, 0.29) is 12.8 Å². The molecule has 0 radical (unpaired) electrons. The molecule has 4 heteroatoms. The van der Waals surface area contributed by atoms with Crippen LogP contribution in [0.4, 0.5) is 0 Å². The quantitative estimate of drug-likeness (QED) is 0.362. The van der Waals surface area contributed by atoms with Gasteiger partial charge in [-0.25, -0.2) is 0 Å². The van der Waals surface area contributed by atoms with Crippen molar-refractivity contribution in [1.82, 2.24) is 0 Å². The molecule has 0 aromatic rings. The van der Waals surface area contributed by atoms with Gasteiger partial charge < -0.3 is 10.2 Å². The Morgan fingerprint density at radius 3 is 2.05 bits per heavy atom. The molecule has 0 rings (SSSR count). The Hall–Kier alpha value is -1.32. The molecular weight excluding hydrogens is 268 g/mol. The average Bonchev–Trinajstić information content (AvgIpc) is 2.43. The van der Waals surface area contributed by atoms with Crippen LogP contribution in [0.5, 0.6) is 0 Å². The van der Waals surface area contributed by atoms with E-state index in [4.69, 9.17) is 10.2 Å². The second kappa shape index (κ2) is 13.7. The predicted octanol–water partition coefficient (Wildman–Crippen LogP) is 4.64. The minimum Gasteiger partial charge on any atom is -0.481 e. The van der Waals surface area contributed by atoms with Crippen LogP contribution in [0.25, 0.3) is 0 Å². The Labute approximate surface area is 128 Å². The summed E-state index contributed by atoms with van der Waals surface area (Å²) in [5.74, 6) is -2.56. The molecule has 0 aromatic carbocycles. The van der Waals surface area contributed by atoms with Gasteiger partial charge in [0.2, 0.25) is 0 Å². The minimum atomic E-state index is -0.947. The summed E-state index contributed by atoms with van der Waals surface area (Å²) in [6.07, 6.45) is 14.5. The topological polar surface area (TPSA) is 74.6 Å². The molecule has 0 fully saturated rings. The molecule has 0 aliphatic heterocycles. The van der Waals surface area contributed by atoms with E-state index in [1.54, 1.807) is 6.08 Å². The van der Waals surface area contributed by atoms with Gasteiger partial charge in [0.15, 0.2) is 0 Å². The third kappa shape index (κ3) is 13.4. The van der Waals surface area contributed by atoms with E-state index in [0.29, 0.717) is 0 Å². The van der Waals surface area contributed by atoms with E-state index in [1.807, 2.05) is 6.08 Å². The first-order chi connectivity index (χ1) is 10.1. The number of carboxylic acids is 2. The lowest BCUT2D eigenvalue weighted by molar-refractivity contribution is -0.141. The van der Waals surface area contributed by atoms with Crippen LogP contribution in [0.15, 0.2) is 12.2 Å². The number of hydrogen-bond donors (Lipinski definition) is 2. The molecule has 122 valence electrons. The monoisotopic (exact) mass is 298 g/mol. The van der Waals surface area contributed by atoms with Crippen LogP contribution in [0, 0.1) is 5.92 Å². The Morgan fingerprint density at radius 1 is 0.952 bits per heavy atom. The highest BCUT2D eigenvalue weighted by atomic mass is 16.4. The van der Waals surface area contributed by atoms with Gasteiger partial charge in [-0.1, -0.05) is 64.0 Å². The van der Waals surface area contributed by atoms with Gasteiger partial charge in [0.1, 0.15) is 0 Å². The van der Waals surface area contributed by atoms with E-state index in [2.05, 4.69) is 6.92 Å². The first kappa shape index (κ1) is 19.7. The van der Waals surface area contributed by atoms with Crippen molar-refractivity contribution in [2.24, 2.45) is 5.92 Å². The molecule has 1 unspecified atom stereocenters. The molecule has 0 spiro atoms. The standard InChI is InChI=1S/C17H30O4/c1-2-3-4-5-6-7-8-9-10-11-12-15(17(20)21)13-14-16(18)19/h11-12,15H,2-10,13-14H2,1H3,(H,18,19)(H,20,21). The van der Waals surface area contributed by atoms with Crippen LogP contribution in [-0.2, 0) is 9.59 Å². The molecule has 0 aliphatic carbocycles. The van der Waals surface area contributed by atoms with Gasteiger partial charge in [-0.15, -0.1) is 0 Å². The molecule has 0 aromatic heterocycles. The van der Waals surface area contributed by atoms with Gasteiger partial charge in [0.25, 0.3) is 0 Å². The molecule has 0 aliphatic rings. The lowest BCUT2D eigenvalue weighted by atomic mass is 10.0. The van der Waals surface area contributed by atoms with Gasteiger partial charge in [-0.2, -0.15) is 0 Å². The van der Waals surface area contributed by atoms with Gasteiger partial charge in [0.05, 0.1) is 5.92 Å².